The first-order chi connectivity index (χ1) is 6.35. The van der Waals surface area contributed by atoms with Crippen molar-refractivity contribution < 1.29 is 9.47 Å². The SMILES string of the molecule is C=C.CCOC(CCCN)OCC. The van der Waals surface area contributed by atoms with Crippen LogP contribution in [0.15, 0.2) is 13.2 Å². The van der Waals surface area contributed by atoms with Gasteiger partial charge < -0.3 is 15.2 Å². The smallest absolute Gasteiger partial charge is 0.157 e. The Kier molecular flexibility index (Phi) is 16.5. The maximum Gasteiger partial charge on any atom is 0.157 e. The molecule has 0 amide bonds. The lowest BCUT2D eigenvalue weighted by molar-refractivity contribution is -0.139. The quantitative estimate of drug-likeness (QED) is 0.491. The first-order valence-corrected chi connectivity index (χ1v) is 4.78. The minimum Gasteiger partial charge on any atom is -0.353 e. The number of hydrogen-bond acceptors (Lipinski definition) is 3. The van der Waals surface area contributed by atoms with Crippen molar-refractivity contribution in [3.8, 4) is 0 Å². The molecule has 0 aliphatic heterocycles. The van der Waals surface area contributed by atoms with Crippen LogP contribution in [-0.2, 0) is 9.47 Å². The van der Waals surface area contributed by atoms with Crippen molar-refractivity contribution in [2.45, 2.75) is 33.0 Å². The van der Waals surface area contributed by atoms with Crippen molar-refractivity contribution in [2.24, 2.45) is 5.73 Å². The third kappa shape index (κ3) is 11.6. The summed E-state index contributed by atoms with van der Waals surface area (Å²) in [5.74, 6) is 0. The van der Waals surface area contributed by atoms with E-state index in [1.807, 2.05) is 13.8 Å². The zero-order valence-electron chi connectivity index (χ0n) is 8.92. The largest absolute Gasteiger partial charge is 0.353 e. The van der Waals surface area contributed by atoms with Crippen LogP contribution in [0.3, 0.4) is 0 Å². The van der Waals surface area contributed by atoms with E-state index >= 15 is 0 Å². The highest BCUT2D eigenvalue weighted by atomic mass is 16.7. The van der Waals surface area contributed by atoms with Crippen LogP contribution in [0.2, 0.25) is 0 Å². The Morgan fingerprint density at radius 2 is 1.62 bits per heavy atom. The van der Waals surface area contributed by atoms with Gasteiger partial charge in [0.15, 0.2) is 6.29 Å². The molecule has 0 saturated heterocycles. The standard InChI is InChI=1S/C8H19NO2.C2H4/c1-3-10-8(11-4-2)6-5-7-9;1-2/h8H,3-7,9H2,1-2H3;1-2H2. The fourth-order valence-corrected chi connectivity index (χ4v) is 0.871. The van der Waals surface area contributed by atoms with Gasteiger partial charge in [-0.15, -0.1) is 13.2 Å². The monoisotopic (exact) mass is 189 g/mol. The van der Waals surface area contributed by atoms with Gasteiger partial charge >= 0.3 is 0 Å². The molecule has 3 nitrogen and oxygen atoms in total. The summed E-state index contributed by atoms with van der Waals surface area (Å²) in [6, 6.07) is 0. The number of hydrogen-bond donors (Lipinski definition) is 1. The normalized spacial score (nSPS) is 9.54. The third-order valence-electron chi connectivity index (χ3n) is 1.35. The summed E-state index contributed by atoms with van der Waals surface area (Å²) in [7, 11) is 0. The van der Waals surface area contributed by atoms with Crippen LogP contribution in [0.4, 0.5) is 0 Å². The molecule has 0 aliphatic carbocycles. The molecule has 0 aliphatic rings. The first-order valence-electron chi connectivity index (χ1n) is 4.78. The van der Waals surface area contributed by atoms with Crippen LogP contribution >= 0.6 is 0 Å². The van der Waals surface area contributed by atoms with E-state index in [4.69, 9.17) is 15.2 Å². The molecule has 2 N–H and O–H groups in total. The highest BCUT2D eigenvalue weighted by Crippen LogP contribution is 2.02. The molecule has 0 rings (SSSR count). The second-order valence-electron chi connectivity index (χ2n) is 2.27. The lowest BCUT2D eigenvalue weighted by Crippen LogP contribution is -2.18. The van der Waals surface area contributed by atoms with Crippen LogP contribution in [-0.4, -0.2) is 26.0 Å². The Morgan fingerprint density at radius 3 is 1.92 bits per heavy atom. The number of rotatable bonds is 7. The van der Waals surface area contributed by atoms with E-state index in [0.717, 1.165) is 12.8 Å². The summed E-state index contributed by atoms with van der Waals surface area (Å²) in [6.45, 7) is 12.0. The molecule has 0 unspecified atom stereocenters. The molecule has 0 aromatic rings. The minimum absolute atomic E-state index is 0.0476. The fourth-order valence-electron chi connectivity index (χ4n) is 0.871. The fraction of sp³-hybridized carbons (Fsp3) is 0.800. The van der Waals surface area contributed by atoms with Crippen LogP contribution in [0.25, 0.3) is 0 Å². The van der Waals surface area contributed by atoms with Gasteiger partial charge in [0.1, 0.15) is 0 Å². The van der Waals surface area contributed by atoms with Gasteiger partial charge in [-0.05, 0) is 33.2 Å². The van der Waals surface area contributed by atoms with E-state index in [0.29, 0.717) is 19.8 Å². The number of nitrogens with two attached hydrogens (primary N) is 1. The van der Waals surface area contributed by atoms with Crippen molar-refractivity contribution in [1.29, 1.82) is 0 Å². The molecular weight excluding hydrogens is 166 g/mol. The average molecular weight is 189 g/mol. The van der Waals surface area contributed by atoms with E-state index < -0.39 is 0 Å². The van der Waals surface area contributed by atoms with Gasteiger partial charge in [0.05, 0.1) is 0 Å². The van der Waals surface area contributed by atoms with Crippen LogP contribution in [0, 0.1) is 0 Å². The zero-order valence-corrected chi connectivity index (χ0v) is 8.92. The Hall–Kier alpha value is -0.380. The molecule has 0 aromatic carbocycles. The predicted octanol–water partition coefficient (Wildman–Crippen LogP) is 1.93. The van der Waals surface area contributed by atoms with E-state index in [1.54, 1.807) is 0 Å². The van der Waals surface area contributed by atoms with Gasteiger partial charge in [0, 0.05) is 13.2 Å². The minimum atomic E-state index is -0.0476. The Balaban J connectivity index is 0. The van der Waals surface area contributed by atoms with Crippen molar-refractivity contribution in [1.82, 2.24) is 0 Å². The molecule has 0 aromatic heterocycles. The van der Waals surface area contributed by atoms with Crippen molar-refractivity contribution in [3.05, 3.63) is 13.2 Å². The lowest BCUT2D eigenvalue weighted by atomic mass is 10.3. The maximum absolute atomic E-state index is 5.36. The van der Waals surface area contributed by atoms with Gasteiger partial charge in [0.2, 0.25) is 0 Å². The van der Waals surface area contributed by atoms with Crippen LogP contribution in [0.5, 0.6) is 0 Å². The lowest BCUT2D eigenvalue weighted by Gasteiger charge is -2.15. The highest BCUT2D eigenvalue weighted by molar-refractivity contribution is 4.46. The molecule has 0 radical (unpaired) electrons. The van der Waals surface area contributed by atoms with Crippen molar-refractivity contribution in [2.75, 3.05) is 19.8 Å². The second kappa shape index (κ2) is 14.2. The molecular formula is C10H23NO2. The Labute approximate surface area is 81.9 Å². The third-order valence-corrected chi connectivity index (χ3v) is 1.35. The van der Waals surface area contributed by atoms with Crippen molar-refractivity contribution >= 4 is 0 Å². The molecule has 0 bridgehead atoms. The molecule has 0 fully saturated rings. The summed E-state index contributed by atoms with van der Waals surface area (Å²) in [5, 5.41) is 0. The average Bonchev–Trinajstić information content (AvgIpc) is 2.18. The van der Waals surface area contributed by atoms with Gasteiger partial charge in [-0.3, -0.25) is 0 Å². The molecule has 80 valence electrons. The molecule has 0 saturated carbocycles. The van der Waals surface area contributed by atoms with Crippen LogP contribution in [0.1, 0.15) is 26.7 Å². The summed E-state index contributed by atoms with van der Waals surface area (Å²) < 4.78 is 10.6. The highest BCUT2D eigenvalue weighted by Gasteiger charge is 2.05. The Bertz CT molecular complexity index is 83.0. The van der Waals surface area contributed by atoms with Gasteiger partial charge in [-0.2, -0.15) is 0 Å². The predicted molar refractivity (Wildman–Crippen MR) is 56.6 cm³/mol. The van der Waals surface area contributed by atoms with E-state index in [2.05, 4.69) is 13.2 Å². The van der Waals surface area contributed by atoms with Crippen LogP contribution < -0.4 is 5.73 Å². The van der Waals surface area contributed by atoms with Gasteiger partial charge in [-0.25, -0.2) is 0 Å². The maximum atomic E-state index is 5.36. The summed E-state index contributed by atoms with van der Waals surface area (Å²) in [5.41, 5.74) is 5.36. The molecule has 3 heteroatoms. The van der Waals surface area contributed by atoms with E-state index in [9.17, 15) is 0 Å². The van der Waals surface area contributed by atoms with Crippen molar-refractivity contribution in [3.63, 3.8) is 0 Å². The Morgan fingerprint density at radius 1 is 1.15 bits per heavy atom. The van der Waals surface area contributed by atoms with Gasteiger partial charge in [0.25, 0.3) is 0 Å². The number of ether oxygens (including phenoxy) is 2. The summed E-state index contributed by atoms with van der Waals surface area (Å²) in [6.07, 6.45) is 1.82. The molecule has 0 spiro atoms. The zero-order chi connectivity index (χ0) is 10.5. The van der Waals surface area contributed by atoms with Gasteiger partial charge in [-0.1, -0.05) is 0 Å². The second-order valence-corrected chi connectivity index (χ2v) is 2.27. The van der Waals surface area contributed by atoms with E-state index in [1.165, 1.54) is 0 Å². The molecule has 13 heavy (non-hydrogen) atoms. The van der Waals surface area contributed by atoms with E-state index in [-0.39, 0.29) is 6.29 Å². The topological polar surface area (TPSA) is 44.5 Å². The molecule has 0 atom stereocenters. The first kappa shape index (κ1) is 15.1. The molecule has 0 heterocycles. The summed E-state index contributed by atoms with van der Waals surface area (Å²) in [4.78, 5) is 0. The summed E-state index contributed by atoms with van der Waals surface area (Å²) >= 11 is 0.